The molecular weight excluding hydrogens is 298 g/mol. The fourth-order valence-electron chi connectivity index (χ4n) is 2.76. The third-order valence-electron chi connectivity index (χ3n) is 3.77. The monoisotopic (exact) mass is 317 g/mol. The summed E-state index contributed by atoms with van der Waals surface area (Å²) >= 11 is 3.52. The minimum absolute atomic E-state index is 0.300. The third-order valence-corrected chi connectivity index (χ3v) is 5.76. The van der Waals surface area contributed by atoms with Crippen LogP contribution >= 0.6 is 23.1 Å². The molecule has 0 saturated carbocycles. The number of thiophene rings is 1. The molecule has 1 aliphatic heterocycles. The first kappa shape index (κ1) is 14.7. The number of carbonyl (C=O) groups excluding carboxylic acids is 1. The topological polar surface area (TPSA) is 20.3 Å². The third kappa shape index (κ3) is 3.69. The SMILES string of the molecule is O=C(CCSc1ccccc1)N1CCCC1c1cccs1. The summed E-state index contributed by atoms with van der Waals surface area (Å²) in [6, 6.07) is 14.8. The van der Waals surface area contributed by atoms with Gasteiger partial charge in [0.2, 0.25) is 5.91 Å². The van der Waals surface area contributed by atoms with E-state index in [0.717, 1.165) is 25.1 Å². The molecular formula is C17H19NOS2. The van der Waals surface area contributed by atoms with Crippen molar-refractivity contribution in [1.29, 1.82) is 0 Å². The number of hydrogen-bond donors (Lipinski definition) is 0. The summed E-state index contributed by atoms with van der Waals surface area (Å²) < 4.78 is 0. The van der Waals surface area contributed by atoms with Crippen molar-refractivity contribution in [3.05, 3.63) is 52.7 Å². The second-order valence-corrected chi connectivity index (χ2v) is 7.32. The molecule has 3 rings (SSSR count). The van der Waals surface area contributed by atoms with Gasteiger partial charge in [0.1, 0.15) is 0 Å². The van der Waals surface area contributed by atoms with Gasteiger partial charge < -0.3 is 4.90 Å². The van der Waals surface area contributed by atoms with Crippen molar-refractivity contribution < 1.29 is 4.79 Å². The Morgan fingerprint density at radius 3 is 2.86 bits per heavy atom. The molecule has 1 aromatic heterocycles. The van der Waals surface area contributed by atoms with Crippen LogP contribution in [0.2, 0.25) is 0 Å². The van der Waals surface area contributed by atoms with Gasteiger partial charge in [0.15, 0.2) is 0 Å². The van der Waals surface area contributed by atoms with Gasteiger partial charge in [0, 0.05) is 28.5 Å². The maximum Gasteiger partial charge on any atom is 0.223 e. The molecule has 0 bridgehead atoms. The van der Waals surface area contributed by atoms with E-state index in [1.807, 2.05) is 18.2 Å². The van der Waals surface area contributed by atoms with Gasteiger partial charge in [-0.2, -0.15) is 0 Å². The Hall–Kier alpha value is -1.26. The van der Waals surface area contributed by atoms with E-state index in [-0.39, 0.29) is 0 Å². The van der Waals surface area contributed by atoms with Crippen molar-refractivity contribution in [3.8, 4) is 0 Å². The molecule has 1 aromatic carbocycles. The molecule has 1 saturated heterocycles. The second kappa shape index (κ2) is 7.14. The van der Waals surface area contributed by atoms with Crippen molar-refractivity contribution in [2.45, 2.75) is 30.2 Å². The molecule has 2 nitrogen and oxygen atoms in total. The van der Waals surface area contributed by atoms with Gasteiger partial charge in [-0.3, -0.25) is 4.79 Å². The molecule has 0 radical (unpaired) electrons. The molecule has 21 heavy (non-hydrogen) atoms. The predicted octanol–water partition coefficient (Wildman–Crippen LogP) is 4.59. The van der Waals surface area contributed by atoms with Crippen molar-refractivity contribution >= 4 is 29.0 Å². The largest absolute Gasteiger partial charge is 0.335 e. The number of hydrogen-bond acceptors (Lipinski definition) is 3. The average molecular weight is 317 g/mol. The molecule has 2 heterocycles. The van der Waals surface area contributed by atoms with Crippen LogP contribution in [0.1, 0.15) is 30.2 Å². The summed E-state index contributed by atoms with van der Waals surface area (Å²) in [6.07, 6.45) is 2.86. The van der Waals surface area contributed by atoms with E-state index in [2.05, 4.69) is 34.5 Å². The zero-order valence-electron chi connectivity index (χ0n) is 11.9. The number of carbonyl (C=O) groups is 1. The molecule has 1 unspecified atom stereocenters. The zero-order valence-corrected chi connectivity index (χ0v) is 13.5. The van der Waals surface area contributed by atoms with Gasteiger partial charge in [-0.15, -0.1) is 23.1 Å². The first-order valence-electron chi connectivity index (χ1n) is 7.35. The van der Waals surface area contributed by atoms with Crippen LogP contribution in [-0.2, 0) is 4.79 Å². The normalized spacial score (nSPS) is 18.1. The van der Waals surface area contributed by atoms with E-state index >= 15 is 0 Å². The van der Waals surface area contributed by atoms with Crippen molar-refractivity contribution in [2.24, 2.45) is 0 Å². The Bertz CT molecular complexity index is 568. The van der Waals surface area contributed by atoms with Crippen molar-refractivity contribution in [1.82, 2.24) is 4.90 Å². The van der Waals surface area contributed by atoms with Crippen LogP contribution in [0.25, 0.3) is 0 Å². The number of rotatable bonds is 5. The van der Waals surface area contributed by atoms with Gasteiger partial charge >= 0.3 is 0 Å². The molecule has 0 N–H and O–H groups in total. The van der Waals surface area contributed by atoms with Gasteiger partial charge in [-0.1, -0.05) is 24.3 Å². The lowest BCUT2D eigenvalue weighted by atomic mass is 10.2. The molecule has 0 aliphatic carbocycles. The van der Waals surface area contributed by atoms with Crippen LogP contribution in [0.15, 0.2) is 52.7 Å². The van der Waals surface area contributed by atoms with Crippen LogP contribution in [0.5, 0.6) is 0 Å². The highest BCUT2D eigenvalue weighted by Gasteiger charge is 2.29. The molecule has 2 aromatic rings. The fraction of sp³-hybridized carbons (Fsp3) is 0.353. The van der Waals surface area contributed by atoms with Crippen LogP contribution in [0.3, 0.4) is 0 Å². The van der Waals surface area contributed by atoms with E-state index in [0.29, 0.717) is 18.4 Å². The summed E-state index contributed by atoms with van der Waals surface area (Å²) in [5, 5.41) is 2.10. The molecule has 110 valence electrons. The van der Waals surface area contributed by atoms with E-state index in [1.165, 1.54) is 9.77 Å². The fourth-order valence-corrected chi connectivity index (χ4v) is 4.49. The number of nitrogens with zero attached hydrogens (tertiary/aromatic N) is 1. The highest BCUT2D eigenvalue weighted by molar-refractivity contribution is 7.99. The Labute approximate surface area is 134 Å². The summed E-state index contributed by atoms with van der Waals surface area (Å²) in [7, 11) is 0. The summed E-state index contributed by atoms with van der Waals surface area (Å²) in [5.41, 5.74) is 0. The smallest absolute Gasteiger partial charge is 0.223 e. The maximum atomic E-state index is 12.5. The highest BCUT2D eigenvalue weighted by atomic mass is 32.2. The number of amides is 1. The average Bonchev–Trinajstić information content (AvgIpc) is 3.19. The molecule has 1 amide bonds. The van der Waals surface area contributed by atoms with E-state index in [1.54, 1.807) is 23.1 Å². The predicted molar refractivity (Wildman–Crippen MR) is 89.8 cm³/mol. The quantitative estimate of drug-likeness (QED) is 0.752. The lowest BCUT2D eigenvalue weighted by Gasteiger charge is -2.23. The Morgan fingerprint density at radius 2 is 2.10 bits per heavy atom. The Balaban J connectivity index is 1.53. The van der Waals surface area contributed by atoms with Gasteiger partial charge in [0.25, 0.3) is 0 Å². The minimum atomic E-state index is 0.300. The summed E-state index contributed by atoms with van der Waals surface area (Å²) in [5.74, 6) is 1.16. The first-order valence-corrected chi connectivity index (χ1v) is 9.22. The minimum Gasteiger partial charge on any atom is -0.335 e. The Kier molecular flexibility index (Phi) is 4.99. The molecule has 1 aliphatic rings. The molecule has 1 fully saturated rings. The zero-order chi connectivity index (χ0) is 14.5. The maximum absolute atomic E-state index is 12.5. The molecule has 0 spiro atoms. The Morgan fingerprint density at radius 1 is 1.24 bits per heavy atom. The van der Waals surface area contributed by atoms with E-state index in [9.17, 15) is 4.79 Å². The first-order chi connectivity index (χ1) is 10.3. The van der Waals surface area contributed by atoms with Crippen molar-refractivity contribution in [2.75, 3.05) is 12.3 Å². The van der Waals surface area contributed by atoms with Gasteiger partial charge in [-0.25, -0.2) is 0 Å². The van der Waals surface area contributed by atoms with Gasteiger partial charge in [0.05, 0.1) is 6.04 Å². The standard InChI is InChI=1S/C17H19NOS2/c19-17(10-13-20-14-6-2-1-3-7-14)18-11-4-8-15(18)16-9-5-12-21-16/h1-3,5-7,9,12,15H,4,8,10-11,13H2. The van der Waals surface area contributed by atoms with Crippen LogP contribution < -0.4 is 0 Å². The van der Waals surface area contributed by atoms with E-state index in [4.69, 9.17) is 0 Å². The van der Waals surface area contributed by atoms with Crippen molar-refractivity contribution in [3.63, 3.8) is 0 Å². The summed E-state index contributed by atoms with van der Waals surface area (Å²) in [4.78, 5) is 17.1. The van der Waals surface area contributed by atoms with E-state index < -0.39 is 0 Å². The van der Waals surface area contributed by atoms with Crippen LogP contribution in [0.4, 0.5) is 0 Å². The van der Waals surface area contributed by atoms with Gasteiger partial charge in [-0.05, 0) is 36.4 Å². The number of likely N-dealkylation sites (tertiary alicyclic amines) is 1. The van der Waals surface area contributed by atoms with Crippen LogP contribution in [0, 0.1) is 0 Å². The highest BCUT2D eigenvalue weighted by Crippen LogP contribution is 2.35. The summed E-state index contributed by atoms with van der Waals surface area (Å²) in [6.45, 7) is 0.914. The molecule has 4 heteroatoms. The lowest BCUT2D eigenvalue weighted by Crippen LogP contribution is -2.30. The second-order valence-electron chi connectivity index (χ2n) is 5.17. The number of benzene rings is 1. The lowest BCUT2D eigenvalue weighted by molar-refractivity contribution is -0.131. The molecule has 1 atom stereocenters. The number of thioether (sulfide) groups is 1. The van der Waals surface area contributed by atoms with Crippen LogP contribution in [-0.4, -0.2) is 23.1 Å².